The van der Waals surface area contributed by atoms with Crippen molar-refractivity contribution in [2.45, 2.75) is 55.7 Å². The molecule has 4 saturated heterocycles. The number of methoxy groups -OCH3 is 1. The second-order valence-corrected chi connectivity index (χ2v) is 14.1. The van der Waals surface area contributed by atoms with E-state index in [1.807, 2.05) is 16.6 Å². The lowest BCUT2D eigenvalue weighted by molar-refractivity contribution is -0.0428. The minimum Gasteiger partial charge on any atom is -0.464 e. The summed E-state index contributed by atoms with van der Waals surface area (Å²) in [6, 6.07) is 18.6. The molecule has 3 N–H and O–H groups in total. The maximum Gasteiger partial charge on any atom is 0.356 e. The van der Waals surface area contributed by atoms with Crippen molar-refractivity contribution >= 4 is 23.1 Å². The Morgan fingerprint density at radius 3 is 2.72 bits per heavy atom. The number of rotatable bonds is 8. The van der Waals surface area contributed by atoms with E-state index in [1.54, 1.807) is 6.07 Å². The highest BCUT2D eigenvalue weighted by Gasteiger charge is 2.64. The van der Waals surface area contributed by atoms with Crippen molar-refractivity contribution in [3.05, 3.63) is 83.4 Å². The molecule has 4 aromatic rings. The molecule has 5 atom stereocenters. The van der Waals surface area contributed by atoms with E-state index in [0.29, 0.717) is 31.3 Å². The molecule has 1 aromatic carbocycles. The number of nitrogens with two attached hydrogens (primary N) is 1. The Morgan fingerprint density at radius 2 is 1.91 bits per heavy atom. The fourth-order valence-electron chi connectivity index (χ4n) is 8.15. The Hall–Kier alpha value is -4.06. The minimum absolute atomic E-state index is 0.102. The molecule has 11 heteroatoms. The molecule has 0 spiro atoms. The summed E-state index contributed by atoms with van der Waals surface area (Å²) < 4.78 is 13.3. The van der Waals surface area contributed by atoms with E-state index in [4.69, 9.17) is 25.3 Å². The molecule has 1 saturated carbocycles. The fraction of sp³-hybridized carbons (Fsp3) is 0.486. The zero-order valence-corrected chi connectivity index (χ0v) is 26.8. The van der Waals surface area contributed by atoms with Gasteiger partial charge < -0.3 is 30.3 Å². The van der Waals surface area contributed by atoms with E-state index >= 15 is 0 Å². The van der Waals surface area contributed by atoms with Gasteiger partial charge in [-0.15, -0.1) is 5.10 Å². The van der Waals surface area contributed by atoms with Gasteiger partial charge in [0.2, 0.25) is 0 Å². The summed E-state index contributed by atoms with van der Waals surface area (Å²) >= 11 is 0. The zero-order chi connectivity index (χ0) is 31.7. The molecule has 240 valence electrons. The number of esters is 1. The van der Waals surface area contributed by atoms with Crippen LogP contribution in [0.25, 0.3) is 5.65 Å². The second-order valence-electron chi connectivity index (χ2n) is 14.1. The average Bonchev–Trinajstić information content (AvgIpc) is 3.90. The van der Waals surface area contributed by atoms with E-state index in [-0.39, 0.29) is 11.5 Å². The van der Waals surface area contributed by atoms with Crippen LogP contribution in [0.2, 0.25) is 0 Å². The summed E-state index contributed by atoms with van der Waals surface area (Å²) in [5.41, 5.74) is 10.9. The van der Waals surface area contributed by atoms with Crippen LogP contribution in [0.1, 0.15) is 53.6 Å². The van der Waals surface area contributed by atoms with Crippen molar-refractivity contribution in [2.75, 3.05) is 56.2 Å². The van der Waals surface area contributed by atoms with E-state index in [9.17, 15) is 4.79 Å². The molecule has 0 amide bonds. The van der Waals surface area contributed by atoms with Crippen molar-refractivity contribution in [3.8, 4) is 0 Å². The number of carbonyl (C=O) groups excluding carboxylic acids is 1. The number of pyridine rings is 2. The van der Waals surface area contributed by atoms with Crippen molar-refractivity contribution in [1.82, 2.24) is 24.9 Å². The maximum absolute atomic E-state index is 12.0. The third-order valence-electron chi connectivity index (χ3n) is 10.9. The molecule has 5 fully saturated rings. The van der Waals surface area contributed by atoms with Crippen LogP contribution < -0.4 is 20.9 Å². The lowest BCUT2D eigenvalue weighted by atomic mass is 9.68. The lowest BCUT2D eigenvalue weighted by Gasteiger charge is -2.44. The predicted octanol–water partition coefficient (Wildman–Crippen LogP) is 3.20. The molecular formula is C35H42N8O3. The summed E-state index contributed by atoms with van der Waals surface area (Å²) in [6.07, 6.45) is 4.96. The van der Waals surface area contributed by atoms with E-state index in [1.165, 1.54) is 18.4 Å². The Kier molecular flexibility index (Phi) is 6.86. The van der Waals surface area contributed by atoms with Gasteiger partial charge in [0.25, 0.3) is 0 Å². The molecule has 0 radical (unpaired) electrons. The van der Waals surface area contributed by atoms with Gasteiger partial charge in [0.15, 0.2) is 17.2 Å². The highest BCUT2D eigenvalue weighted by Crippen LogP contribution is 2.54. The normalized spacial score (nSPS) is 30.3. The van der Waals surface area contributed by atoms with Crippen molar-refractivity contribution in [2.24, 2.45) is 11.7 Å². The summed E-state index contributed by atoms with van der Waals surface area (Å²) in [7, 11) is 1.36. The standard InChI is InChI=1S/C35H42N8O3/c1-23-16-26(41-14-12-33(2,21-41)25-8-5-4-6-9-25)18-43-30(23)39-32(40-43)35-17-24(19-46-35)29(35)37-20-34(36)13-15-42(22-34)28-11-7-10-27(38-28)31(44)45-3/h4-11,16,18,24,29,37H,12-15,17,19-22,36H2,1-3H3/t24?,29?,33-,34?,35?/m0/s1. The first-order valence-electron chi connectivity index (χ1n) is 16.3. The van der Waals surface area contributed by atoms with Crippen LogP contribution in [-0.4, -0.2) is 83.6 Å². The molecule has 3 aromatic heterocycles. The molecule has 11 nitrogen and oxygen atoms in total. The molecule has 5 aliphatic rings. The van der Waals surface area contributed by atoms with Crippen molar-refractivity contribution in [3.63, 3.8) is 0 Å². The lowest BCUT2D eigenvalue weighted by Crippen LogP contribution is -2.62. The number of carbonyl (C=O) groups is 1. The van der Waals surface area contributed by atoms with E-state index in [2.05, 4.69) is 76.5 Å². The number of ether oxygens (including phenoxy) is 2. The molecule has 4 aliphatic heterocycles. The molecule has 1 aliphatic carbocycles. The minimum atomic E-state index is -0.548. The topological polar surface area (TPSA) is 123 Å². The first kappa shape index (κ1) is 29.3. The van der Waals surface area contributed by atoms with Gasteiger partial charge in [0.1, 0.15) is 11.4 Å². The number of hydrogen-bond acceptors (Lipinski definition) is 10. The fourth-order valence-corrected chi connectivity index (χ4v) is 8.15. The van der Waals surface area contributed by atoms with Gasteiger partial charge in [-0.2, -0.15) is 0 Å². The quantitative estimate of drug-likeness (QED) is 0.283. The SMILES string of the molecule is COC(=O)c1cccc(N2CCC(N)(CNC3C4COC3(c3nc5c(C)cc(N6CC[C@](C)(c7ccccc7)C6)cn5n3)C4)C2)n1. The van der Waals surface area contributed by atoms with Crippen LogP contribution in [0.4, 0.5) is 11.5 Å². The van der Waals surface area contributed by atoms with E-state index < -0.39 is 17.1 Å². The number of anilines is 2. The second kappa shape index (κ2) is 10.8. The van der Waals surface area contributed by atoms with Crippen LogP contribution >= 0.6 is 0 Å². The molecule has 7 heterocycles. The van der Waals surface area contributed by atoms with Crippen LogP contribution in [0, 0.1) is 12.8 Å². The first-order chi connectivity index (χ1) is 22.2. The number of fused-ring (bicyclic) bond motifs is 2. The van der Waals surface area contributed by atoms with Crippen LogP contribution in [0.5, 0.6) is 0 Å². The third kappa shape index (κ3) is 4.75. The maximum atomic E-state index is 12.0. The Balaban J connectivity index is 0.972. The van der Waals surface area contributed by atoms with Gasteiger partial charge in [0.05, 0.1) is 25.6 Å². The van der Waals surface area contributed by atoms with Crippen molar-refractivity contribution < 1.29 is 14.3 Å². The third-order valence-corrected chi connectivity index (χ3v) is 10.9. The largest absolute Gasteiger partial charge is 0.464 e. The molecule has 46 heavy (non-hydrogen) atoms. The number of aryl methyl sites for hydroxylation is 1. The predicted molar refractivity (Wildman–Crippen MR) is 175 cm³/mol. The van der Waals surface area contributed by atoms with Gasteiger partial charge in [-0.05, 0) is 55.5 Å². The van der Waals surface area contributed by atoms with Gasteiger partial charge >= 0.3 is 5.97 Å². The summed E-state index contributed by atoms with van der Waals surface area (Å²) in [5, 5.41) is 8.83. The zero-order valence-electron chi connectivity index (χ0n) is 26.8. The first-order valence-corrected chi connectivity index (χ1v) is 16.3. The summed E-state index contributed by atoms with van der Waals surface area (Å²) in [6.45, 7) is 9.19. The Labute approximate surface area is 269 Å². The average molecular weight is 623 g/mol. The molecule has 9 rings (SSSR count). The Bertz CT molecular complexity index is 1790. The van der Waals surface area contributed by atoms with Crippen molar-refractivity contribution in [1.29, 1.82) is 0 Å². The number of nitrogens with zero attached hydrogens (tertiary/aromatic N) is 6. The van der Waals surface area contributed by atoms with Crippen LogP contribution in [0.3, 0.4) is 0 Å². The number of hydrogen-bond donors (Lipinski definition) is 2. The van der Waals surface area contributed by atoms with Crippen LogP contribution in [-0.2, 0) is 20.5 Å². The van der Waals surface area contributed by atoms with E-state index in [0.717, 1.165) is 61.7 Å². The molecular weight excluding hydrogens is 580 g/mol. The number of aromatic nitrogens is 4. The smallest absolute Gasteiger partial charge is 0.356 e. The highest BCUT2D eigenvalue weighted by molar-refractivity contribution is 5.87. The number of nitrogens with one attached hydrogen (secondary N) is 1. The Morgan fingerprint density at radius 1 is 1.09 bits per heavy atom. The number of benzene rings is 1. The summed E-state index contributed by atoms with van der Waals surface area (Å²) in [4.78, 5) is 26.2. The highest BCUT2D eigenvalue weighted by atomic mass is 16.5. The van der Waals surface area contributed by atoms with Crippen LogP contribution in [0.15, 0.2) is 60.8 Å². The van der Waals surface area contributed by atoms with Gasteiger partial charge in [0, 0.05) is 55.6 Å². The van der Waals surface area contributed by atoms with Gasteiger partial charge in [-0.3, -0.25) is 0 Å². The monoisotopic (exact) mass is 622 g/mol. The van der Waals surface area contributed by atoms with Gasteiger partial charge in [-0.1, -0.05) is 43.3 Å². The summed E-state index contributed by atoms with van der Waals surface area (Å²) in [5.74, 6) is 1.45. The van der Waals surface area contributed by atoms with Gasteiger partial charge in [-0.25, -0.2) is 19.3 Å². The molecule has 2 bridgehead atoms. The molecule has 4 unspecified atom stereocenters.